The fraction of sp³-hybridized carbons (Fsp3) is 0.188. The predicted octanol–water partition coefficient (Wildman–Crippen LogP) is 4.44. The molecule has 0 unspecified atom stereocenters. The van der Waals surface area contributed by atoms with Crippen LogP contribution in [0.4, 0.5) is 0 Å². The van der Waals surface area contributed by atoms with Crippen molar-refractivity contribution in [2.24, 2.45) is 0 Å². The van der Waals surface area contributed by atoms with E-state index in [1.807, 2.05) is 42.5 Å². The van der Waals surface area contributed by atoms with Crippen molar-refractivity contribution in [1.82, 2.24) is 0 Å². The molecule has 110 valence electrons. The van der Waals surface area contributed by atoms with Crippen LogP contribution in [0.3, 0.4) is 0 Å². The molecule has 0 saturated heterocycles. The van der Waals surface area contributed by atoms with Crippen LogP contribution in [0.5, 0.6) is 11.5 Å². The van der Waals surface area contributed by atoms with E-state index in [4.69, 9.17) is 9.47 Å². The van der Waals surface area contributed by atoms with Crippen molar-refractivity contribution in [2.45, 2.75) is 4.90 Å². The van der Waals surface area contributed by atoms with Gasteiger partial charge in [0.25, 0.3) is 0 Å². The van der Waals surface area contributed by atoms with Crippen LogP contribution in [0.2, 0.25) is 0 Å². The number of methoxy groups -OCH3 is 2. The van der Waals surface area contributed by atoms with E-state index in [0.29, 0.717) is 22.8 Å². The van der Waals surface area contributed by atoms with Gasteiger partial charge in [-0.3, -0.25) is 4.79 Å². The van der Waals surface area contributed by atoms with Gasteiger partial charge in [-0.1, -0.05) is 28.1 Å². The number of Topliss-reactive ketones (excluding diaryl/α,β-unsaturated/α-hetero) is 1. The third-order valence-electron chi connectivity index (χ3n) is 2.89. The molecule has 5 heteroatoms. The molecular formula is C16H15BrO3S. The maximum atomic E-state index is 12.1. The Hall–Kier alpha value is -1.46. The average Bonchev–Trinajstić information content (AvgIpc) is 2.52. The first-order valence-electron chi connectivity index (χ1n) is 6.27. The first-order valence-corrected chi connectivity index (χ1v) is 8.05. The number of ketones is 1. The zero-order valence-corrected chi connectivity index (χ0v) is 14.2. The lowest BCUT2D eigenvalue weighted by Gasteiger charge is -2.09. The van der Waals surface area contributed by atoms with Gasteiger partial charge >= 0.3 is 0 Å². The number of halogens is 1. The number of carbonyl (C=O) groups is 1. The second-order valence-electron chi connectivity index (χ2n) is 4.24. The van der Waals surface area contributed by atoms with E-state index < -0.39 is 0 Å². The number of hydrogen-bond acceptors (Lipinski definition) is 4. The molecule has 0 spiro atoms. The van der Waals surface area contributed by atoms with Crippen LogP contribution < -0.4 is 9.47 Å². The molecule has 3 nitrogen and oxygen atoms in total. The van der Waals surface area contributed by atoms with Gasteiger partial charge in [-0.25, -0.2) is 0 Å². The van der Waals surface area contributed by atoms with Gasteiger partial charge in [-0.15, -0.1) is 11.8 Å². The van der Waals surface area contributed by atoms with Crippen molar-refractivity contribution in [3.63, 3.8) is 0 Å². The minimum Gasteiger partial charge on any atom is -0.493 e. The topological polar surface area (TPSA) is 35.5 Å². The van der Waals surface area contributed by atoms with Gasteiger partial charge in [-0.2, -0.15) is 0 Å². The first kappa shape index (κ1) is 15.9. The van der Waals surface area contributed by atoms with Gasteiger partial charge in [-0.05, 0) is 30.3 Å². The monoisotopic (exact) mass is 366 g/mol. The lowest BCUT2D eigenvalue weighted by Crippen LogP contribution is -2.01. The Morgan fingerprint density at radius 3 is 2.33 bits per heavy atom. The highest BCUT2D eigenvalue weighted by Gasteiger charge is 2.09. The van der Waals surface area contributed by atoms with Crippen molar-refractivity contribution in [3.05, 3.63) is 52.5 Å². The largest absolute Gasteiger partial charge is 0.493 e. The maximum absolute atomic E-state index is 12.1. The van der Waals surface area contributed by atoms with E-state index in [9.17, 15) is 4.79 Å². The summed E-state index contributed by atoms with van der Waals surface area (Å²) in [7, 11) is 3.20. The van der Waals surface area contributed by atoms with Crippen LogP contribution in [0.1, 0.15) is 10.4 Å². The molecule has 0 N–H and O–H groups in total. The fourth-order valence-electron chi connectivity index (χ4n) is 1.77. The molecule has 0 aromatic heterocycles. The molecule has 0 bridgehead atoms. The summed E-state index contributed by atoms with van der Waals surface area (Å²) >= 11 is 4.84. The van der Waals surface area contributed by atoms with Gasteiger partial charge in [0.2, 0.25) is 0 Å². The Labute approximate surface area is 136 Å². The van der Waals surface area contributed by atoms with Gasteiger partial charge in [0.1, 0.15) is 0 Å². The number of rotatable bonds is 6. The zero-order chi connectivity index (χ0) is 15.2. The highest BCUT2D eigenvalue weighted by molar-refractivity contribution is 9.10. The van der Waals surface area contributed by atoms with Crippen LogP contribution in [0.25, 0.3) is 0 Å². The molecule has 2 aromatic carbocycles. The summed E-state index contributed by atoms with van der Waals surface area (Å²) in [5.41, 5.74) is 0.714. The predicted molar refractivity (Wildman–Crippen MR) is 88.7 cm³/mol. The summed E-state index contributed by atoms with van der Waals surface area (Å²) in [6.07, 6.45) is 0. The molecule has 0 atom stereocenters. The third kappa shape index (κ3) is 4.25. The first-order chi connectivity index (χ1) is 10.1. The second-order valence-corrected chi connectivity index (χ2v) is 6.20. The molecule has 2 aromatic rings. The van der Waals surface area contributed by atoms with E-state index in [-0.39, 0.29) is 5.78 Å². The SMILES string of the molecule is COc1ccc(SCC(=O)c2ccc(Br)cc2)cc1OC. The molecule has 0 amide bonds. The van der Waals surface area contributed by atoms with Crippen molar-refractivity contribution >= 4 is 33.5 Å². The molecule has 0 radical (unpaired) electrons. The van der Waals surface area contributed by atoms with Crippen molar-refractivity contribution in [1.29, 1.82) is 0 Å². The van der Waals surface area contributed by atoms with E-state index in [0.717, 1.165) is 9.37 Å². The molecule has 0 saturated carbocycles. The van der Waals surface area contributed by atoms with Gasteiger partial charge in [0.15, 0.2) is 17.3 Å². The molecule has 0 aliphatic carbocycles. The van der Waals surface area contributed by atoms with E-state index in [1.165, 1.54) is 11.8 Å². The van der Waals surface area contributed by atoms with Gasteiger partial charge in [0, 0.05) is 14.9 Å². The lowest BCUT2D eigenvalue weighted by atomic mass is 10.2. The Bertz CT molecular complexity index is 626. The Morgan fingerprint density at radius 2 is 1.71 bits per heavy atom. The summed E-state index contributed by atoms with van der Waals surface area (Å²) in [6.45, 7) is 0. The second kappa shape index (κ2) is 7.52. The minimum absolute atomic E-state index is 0.0993. The molecule has 0 aliphatic heterocycles. The summed E-state index contributed by atoms with van der Waals surface area (Å²) in [6, 6.07) is 13.0. The Balaban J connectivity index is 2.02. The number of thioether (sulfide) groups is 1. The number of ether oxygens (including phenoxy) is 2. The summed E-state index contributed by atoms with van der Waals surface area (Å²) in [4.78, 5) is 13.1. The van der Waals surface area contributed by atoms with Crippen molar-refractivity contribution < 1.29 is 14.3 Å². The van der Waals surface area contributed by atoms with Crippen LogP contribution in [0.15, 0.2) is 51.8 Å². The normalized spacial score (nSPS) is 10.2. The smallest absolute Gasteiger partial charge is 0.173 e. The molecular weight excluding hydrogens is 352 g/mol. The number of benzene rings is 2. The van der Waals surface area contributed by atoms with Crippen LogP contribution >= 0.6 is 27.7 Å². The van der Waals surface area contributed by atoms with E-state index in [1.54, 1.807) is 14.2 Å². The van der Waals surface area contributed by atoms with Gasteiger partial charge in [0.05, 0.1) is 20.0 Å². The molecule has 0 heterocycles. The Kier molecular flexibility index (Phi) is 5.70. The lowest BCUT2D eigenvalue weighted by molar-refractivity contribution is 0.102. The molecule has 0 aliphatic rings. The van der Waals surface area contributed by atoms with Crippen LogP contribution in [-0.2, 0) is 0 Å². The third-order valence-corrected chi connectivity index (χ3v) is 4.41. The molecule has 2 rings (SSSR count). The quantitative estimate of drug-likeness (QED) is 0.559. The summed E-state index contributed by atoms with van der Waals surface area (Å²) in [5.74, 6) is 1.83. The van der Waals surface area contributed by atoms with E-state index >= 15 is 0 Å². The number of carbonyl (C=O) groups excluding carboxylic acids is 1. The van der Waals surface area contributed by atoms with Crippen molar-refractivity contribution in [3.8, 4) is 11.5 Å². The summed E-state index contributed by atoms with van der Waals surface area (Å²) in [5, 5.41) is 0. The van der Waals surface area contributed by atoms with Crippen LogP contribution in [0, 0.1) is 0 Å². The van der Waals surface area contributed by atoms with Crippen molar-refractivity contribution in [2.75, 3.05) is 20.0 Å². The Morgan fingerprint density at radius 1 is 1.05 bits per heavy atom. The standard InChI is InChI=1S/C16H15BrO3S/c1-19-15-8-7-13(9-16(15)20-2)21-10-14(18)11-3-5-12(17)6-4-11/h3-9H,10H2,1-2H3. The highest BCUT2D eigenvalue weighted by Crippen LogP contribution is 2.32. The highest BCUT2D eigenvalue weighted by atomic mass is 79.9. The van der Waals surface area contributed by atoms with Gasteiger partial charge < -0.3 is 9.47 Å². The molecule has 0 fully saturated rings. The minimum atomic E-state index is 0.0993. The van der Waals surface area contributed by atoms with E-state index in [2.05, 4.69) is 15.9 Å². The fourth-order valence-corrected chi connectivity index (χ4v) is 2.86. The maximum Gasteiger partial charge on any atom is 0.173 e. The molecule has 21 heavy (non-hydrogen) atoms. The number of hydrogen-bond donors (Lipinski definition) is 0. The zero-order valence-electron chi connectivity index (χ0n) is 11.8. The van der Waals surface area contributed by atoms with Crippen LogP contribution in [-0.4, -0.2) is 25.8 Å². The summed E-state index contributed by atoms with van der Waals surface area (Å²) < 4.78 is 11.4. The average molecular weight is 367 g/mol.